The molecular formula is C48H51N6O10P. The van der Waals surface area contributed by atoms with Crippen molar-refractivity contribution >= 4 is 25.5 Å². The number of benzene rings is 3. The summed E-state index contributed by atoms with van der Waals surface area (Å²) < 4.78 is 57.7. The van der Waals surface area contributed by atoms with E-state index in [-0.39, 0.29) is 37.0 Å². The normalized spacial score (nSPS) is 28.0. The summed E-state index contributed by atoms with van der Waals surface area (Å²) in [5.41, 5.74) is -1.70. The molecule has 16 nitrogen and oxygen atoms in total. The number of hydrogen-bond acceptors (Lipinski definition) is 13. The quantitative estimate of drug-likeness (QED) is 0.191. The van der Waals surface area contributed by atoms with Gasteiger partial charge in [0.25, 0.3) is 0 Å². The molecule has 0 aliphatic carbocycles. The molecule has 6 atom stereocenters. The number of phosphoric ester groups is 1. The molecule has 3 aromatic rings. The number of carbonyl (C=O) groups is 3. The molecule has 0 spiro atoms. The molecule has 0 N–H and O–H groups in total. The number of likely N-dealkylation sites (tertiary alicyclic amines) is 3. The Morgan fingerprint density at radius 1 is 0.523 bits per heavy atom. The molecule has 6 heterocycles. The average Bonchev–Trinajstić information content (AvgIpc) is 4.01. The van der Waals surface area contributed by atoms with Gasteiger partial charge in [0.2, 0.25) is 17.7 Å². The molecule has 17 heteroatoms. The van der Waals surface area contributed by atoms with Crippen molar-refractivity contribution in [3.05, 3.63) is 88.0 Å². The molecule has 3 amide bonds. The zero-order valence-corrected chi connectivity index (χ0v) is 38.1. The number of amides is 3. The molecule has 6 unspecified atom stereocenters. The van der Waals surface area contributed by atoms with E-state index >= 15 is 4.57 Å². The Morgan fingerprint density at radius 2 is 0.800 bits per heavy atom. The first-order valence-electron chi connectivity index (χ1n) is 22.1. The zero-order valence-electron chi connectivity index (χ0n) is 37.2. The number of phosphoric acid groups is 1. The molecule has 0 saturated carbocycles. The van der Waals surface area contributed by atoms with E-state index in [1.165, 1.54) is 0 Å². The first kappa shape index (κ1) is 44.3. The average molecular weight is 903 g/mol. The third-order valence-corrected chi connectivity index (χ3v) is 14.9. The Kier molecular flexibility index (Phi) is 11.0. The molecule has 65 heavy (non-hydrogen) atoms. The smallest absolute Gasteiger partial charge is 0.476 e. The van der Waals surface area contributed by atoms with Crippen molar-refractivity contribution in [3.8, 4) is 35.5 Å². The van der Waals surface area contributed by atoms with Crippen molar-refractivity contribution in [1.82, 2.24) is 14.7 Å². The fraction of sp³-hybridized carbons (Fsp3) is 0.500. The molecule has 0 bridgehead atoms. The predicted octanol–water partition coefficient (Wildman–Crippen LogP) is 7.47. The van der Waals surface area contributed by atoms with Gasteiger partial charge in [-0.2, -0.15) is 15.8 Å². The van der Waals surface area contributed by atoms with E-state index in [1.807, 2.05) is 0 Å². The molecule has 3 saturated heterocycles. The van der Waals surface area contributed by atoms with Crippen LogP contribution in [0.3, 0.4) is 0 Å². The number of ether oxygens (including phenoxy) is 3. The molecule has 6 aliphatic rings. The second kappa shape index (κ2) is 16.2. The lowest BCUT2D eigenvalue weighted by Gasteiger charge is -2.51. The van der Waals surface area contributed by atoms with E-state index in [0.717, 1.165) is 0 Å². The fourth-order valence-corrected chi connectivity index (χ4v) is 12.5. The van der Waals surface area contributed by atoms with Crippen LogP contribution in [0.2, 0.25) is 0 Å². The minimum atomic E-state index is -5.20. The minimum Gasteiger partial charge on any atom is -0.485 e. The van der Waals surface area contributed by atoms with Gasteiger partial charge in [0.15, 0.2) is 0 Å². The summed E-state index contributed by atoms with van der Waals surface area (Å²) in [7, 11) is -5.20. The summed E-state index contributed by atoms with van der Waals surface area (Å²) in [6.07, 6.45) is -1.43. The van der Waals surface area contributed by atoms with Gasteiger partial charge in [-0.15, -0.1) is 0 Å². The standard InChI is InChI=1S/C48H51N6O10P/c1-46(2)43(40(52-19-7-10-37(52)55)31-22-28(25-49)13-16-34(31)59-46)62-65(58,63-44-41(53-20-8-11-38(53)56)32-23-29(26-50)14-17-35(32)60-47(44,3)4)64-45-42(54-21-9-12-39(54)57)33-24-30(27-51)15-18-36(33)61-48(45,5)6/h13-18,22-24,40-45H,7-12,19-21H2,1-6H3. The summed E-state index contributed by atoms with van der Waals surface area (Å²) in [4.78, 5) is 46.4. The maximum absolute atomic E-state index is 16.8. The van der Waals surface area contributed by atoms with Gasteiger partial charge in [-0.1, -0.05) is 0 Å². The monoisotopic (exact) mass is 902 g/mol. The summed E-state index contributed by atoms with van der Waals surface area (Å²) in [5, 5.41) is 30.1. The topological polar surface area (TPSA) is 205 Å². The van der Waals surface area contributed by atoms with Crippen LogP contribution < -0.4 is 14.2 Å². The number of hydrogen-bond donors (Lipinski definition) is 0. The predicted molar refractivity (Wildman–Crippen MR) is 231 cm³/mol. The third kappa shape index (κ3) is 7.79. The fourth-order valence-electron chi connectivity index (χ4n) is 10.4. The second-order valence-corrected chi connectivity index (χ2v) is 20.7. The minimum absolute atomic E-state index is 0.176. The highest BCUT2D eigenvalue weighted by Crippen LogP contribution is 2.64. The second-order valence-electron chi connectivity index (χ2n) is 19.1. The molecule has 3 aromatic carbocycles. The van der Waals surface area contributed by atoms with Crippen molar-refractivity contribution < 1.29 is 46.7 Å². The van der Waals surface area contributed by atoms with Gasteiger partial charge in [0.05, 0.1) is 53.0 Å². The first-order valence-corrected chi connectivity index (χ1v) is 23.6. The van der Waals surface area contributed by atoms with Crippen LogP contribution >= 0.6 is 7.82 Å². The SMILES string of the molecule is CC1(C)Oc2ccc(C#N)cc2C(N2CCCC2=O)C1OP(=O)(OC1C(N2CCCC2=O)c2cc(C#N)ccc2OC1(C)C)OC1C(N2CCCC2=O)c2cc(C#N)ccc2OC1(C)C. The van der Waals surface area contributed by atoms with E-state index in [2.05, 4.69) is 18.2 Å². The maximum atomic E-state index is 16.8. The van der Waals surface area contributed by atoms with Gasteiger partial charge >= 0.3 is 7.82 Å². The van der Waals surface area contributed by atoms with Crippen LogP contribution in [-0.4, -0.2) is 87.2 Å². The number of nitriles is 3. The molecule has 3 fully saturated rings. The first-order chi connectivity index (χ1) is 30.9. The Hall–Kier alpha value is -5.95. The van der Waals surface area contributed by atoms with E-state index < -0.39 is 61.1 Å². The number of carbonyl (C=O) groups excluding carboxylic acids is 3. The number of nitrogens with zero attached hydrogens (tertiary/aromatic N) is 6. The van der Waals surface area contributed by atoms with Gasteiger partial charge in [0.1, 0.15) is 52.4 Å². The van der Waals surface area contributed by atoms with E-state index in [1.54, 1.807) is 111 Å². The van der Waals surface area contributed by atoms with Crippen molar-refractivity contribution in [2.75, 3.05) is 19.6 Å². The number of fused-ring (bicyclic) bond motifs is 3. The van der Waals surface area contributed by atoms with Crippen molar-refractivity contribution in [2.45, 2.75) is 133 Å². The van der Waals surface area contributed by atoms with Crippen LogP contribution in [0.15, 0.2) is 54.6 Å². The van der Waals surface area contributed by atoms with Crippen molar-refractivity contribution in [1.29, 1.82) is 15.8 Å². The van der Waals surface area contributed by atoms with Crippen LogP contribution in [0.5, 0.6) is 17.2 Å². The Labute approximate surface area is 378 Å². The molecule has 6 aliphatic heterocycles. The van der Waals surface area contributed by atoms with Crippen molar-refractivity contribution in [2.24, 2.45) is 0 Å². The number of rotatable bonds is 9. The lowest BCUT2D eigenvalue weighted by atomic mass is 9.85. The van der Waals surface area contributed by atoms with Crippen LogP contribution in [0.1, 0.15) is 132 Å². The van der Waals surface area contributed by atoms with E-state index in [0.29, 0.717) is 89.5 Å². The van der Waals surface area contributed by atoms with E-state index in [9.17, 15) is 30.2 Å². The summed E-state index contributed by atoms with van der Waals surface area (Å²) in [6, 6.07) is 18.5. The highest BCUT2D eigenvalue weighted by atomic mass is 31.2. The van der Waals surface area contributed by atoms with E-state index in [4.69, 9.17) is 27.8 Å². The van der Waals surface area contributed by atoms with Gasteiger partial charge in [0, 0.05) is 55.6 Å². The van der Waals surface area contributed by atoms with Gasteiger partial charge in [-0.05, 0) is 115 Å². The maximum Gasteiger partial charge on any atom is 0.476 e. The molecule has 9 rings (SSSR count). The van der Waals surface area contributed by atoms with Gasteiger partial charge in [-0.25, -0.2) is 4.57 Å². The highest BCUT2D eigenvalue weighted by molar-refractivity contribution is 7.48. The summed E-state index contributed by atoms with van der Waals surface area (Å²) >= 11 is 0. The highest BCUT2D eigenvalue weighted by Gasteiger charge is 2.60. The summed E-state index contributed by atoms with van der Waals surface area (Å²) in [6.45, 7) is 11.5. The summed E-state index contributed by atoms with van der Waals surface area (Å²) in [5.74, 6) is 0.705. The lowest BCUT2D eigenvalue weighted by Crippen LogP contribution is -2.58. The largest absolute Gasteiger partial charge is 0.485 e. The van der Waals surface area contributed by atoms with Gasteiger partial charge in [-0.3, -0.25) is 28.0 Å². The van der Waals surface area contributed by atoms with Crippen LogP contribution in [-0.2, 0) is 32.5 Å². The third-order valence-electron chi connectivity index (χ3n) is 13.5. The van der Waals surface area contributed by atoms with Crippen molar-refractivity contribution in [3.63, 3.8) is 0 Å². The van der Waals surface area contributed by atoms with Crippen LogP contribution in [0.4, 0.5) is 0 Å². The lowest BCUT2D eigenvalue weighted by molar-refractivity contribution is -0.155. The molecule has 338 valence electrons. The Bertz CT molecular complexity index is 2380. The molecule has 0 radical (unpaired) electrons. The van der Waals surface area contributed by atoms with Crippen LogP contribution in [0, 0.1) is 34.0 Å². The Morgan fingerprint density at radius 3 is 1.03 bits per heavy atom. The zero-order chi connectivity index (χ0) is 46.2. The molecule has 0 aromatic heterocycles. The Balaban J connectivity index is 1.24. The van der Waals surface area contributed by atoms with Crippen LogP contribution in [0.25, 0.3) is 0 Å². The molecular weight excluding hydrogens is 852 g/mol. The van der Waals surface area contributed by atoms with Gasteiger partial charge < -0.3 is 28.9 Å².